The number of rotatable bonds is 4. The summed E-state index contributed by atoms with van der Waals surface area (Å²) in [6.07, 6.45) is 1.97. The Bertz CT molecular complexity index is 774. The van der Waals surface area contributed by atoms with Gasteiger partial charge < -0.3 is 15.4 Å². The fourth-order valence-corrected chi connectivity index (χ4v) is 2.82. The summed E-state index contributed by atoms with van der Waals surface area (Å²) in [7, 11) is 0. The van der Waals surface area contributed by atoms with Crippen LogP contribution in [0, 0.1) is 5.92 Å². The monoisotopic (exact) mass is 322 g/mol. The molecule has 0 radical (unpaired) electrons. The first-order valence-electron chi connectivity index (χ1n) is 8.15. The Morgan fingerprint density at radius 1 is 0.917 bits per heavy atom. The Hall–Kier alpha value is -2.82. The molecular formula is C19H18N2O3. The lowest BCUT2D eigenvalue weighted by Crippen LogP contribution is -2.31. The first-order valence-corrected chi connectivity index (χ1v) is 8.15. The molecule has 0 saturated heterocycles. The largest absolute Gasteiger partial charge is 0.480 e. The zero-order chi connectivity index (χ0) is 16.5. The minimum atomic E-state index is -0.521. The molecule has 1 unspecified atom stereocenters. The summed E-state index contributed by atoms with van der Waals surface area (Å²) in [6.45, 7) is 0. The molecule has 122 valence electrons. The standard InChI is InChI=1S/C19H18N2O3/c22-18(12-8-9-12)20-14-5-3-6-15(11-14)21-19(23)17-10-13-4-1-2-7-16(13)24-17/h1-7,11-12,17H,8-10H2,(H,20,22)(H,21,23). The van der Waals surface area contributed by atoms with Crippen LogP contribution < -0.4 is 15.4 Å². The maximum atomic E-state index is 12.4. The van der Waals surface area contributed by atoms with Gasteiger partial charge in [-0.2, -0.15) is 0 Å². The van der Waals surface area contributed by atoms with Gasteiger partial charge in [0.2, 0.25) is 5.91 Å². The van der Waals surface area contributed by atoms with Gasteiger partial charge in [-0.25, -0.2) is 0 Å². The minimum absolute atomic E-state index is 0.0491. The molecule has 1 heterocycles. The summed E-state index contributed by atoms with van der Waals surface area (Å²) >= 11 is 0. The van der Waals surface area contributed by atoms with Gasteiger partial charge in [-0.3, -0.25) is 9.59 Å². The van der Waals surface area contributed by atoms with Crippen LogP contribution in [0.4, 0.5) is 11.4 Å². The maximum absolute atomic E-state index is 12.4. The first kappa shape index (κ1) is 14.8. The van der Waals surface area contributed by atoms with Crippen LogP contribution in [0.25, 0.3) is 0 Å². The number of para-hydroxylation sites is 1. The van der Waals surface area contributed by atoms with Gasteiger partial charge in [0.05, 0.1) is 0 Å². The van der Waals surface area contributed by atoms with Gasteiger partial charge in [-0.05, 0) is 42.7 Å². The molecule has 0 bridgehead atoms. The second kappa shape index (κ2) is 6.00. The Balaban J connectivity index is 1.40. The Kier molecular flexibility index (Phi) is 3.69. The van der Waals surface area contributed by atoms with Crippen LogP contribution in [-0.4, -0.2) is 17.9 Å². The molecule has 1 aliphatic heterocycles. The third kappa shape index (κ3) is 3.11. The van der Waals surface area contributed by atoms with Gasteiger partial charge >= 0.3 is 0 Å². The molecule has 1 atom stereocenters. The number of anilines is 2. The molecule has 2 N–H and O–H groups in total. The van der Waals surface area contributed by atoms with Crippen molar-refractivity contribution in [2.45, 2.75) is 25.4 Å². The summed E-state index contributed by atoms with van der Waals surface area (Å²) in [6, 6.07) is 14.9. The van der Waals surface area contributed by atoms with Crippen molar-refractivity contribution in [2.75, 3.05) is 10.6 Å². The van der Waals surface area contributed by atoms with Crippen LogP contribution in [0.15, 0.2) is 48.5 Å². The van der Waals surface area contributed by atoms with Crippen molar-refractivity contribution in [3.63, 3.8) is 0 Å². The molecule has 5 heteroatoms. The van der Waals surface area contributed by atoms with Gasteiger partial charge in [0, 0.05) is 23.7 Å². The van der Waals surface area contributed by atoms with Crippen LogP contribution >= 0.6 is 0 Å². The molecule has 2 aliphatic rings. The van der Waals surface area contributed by atoms with Crippen molar-refractivity contribution in [2.24, 2.45) is 5.92 Å². The summed E-state index contributed by atoms with van der Waals surface area (Å²) in [5, 5.41) is 5.74. The van der Waals surface area contributed by atoms with E-state index in [-0.39, 0.29) is 17.7 Å². The average molecular weight is 322 g/mol. The fourth-order valence-electron chi connectivity index (χ4n) is 2.82. The van der Waals surface area contributed by atoms with E-state index in [2.05, 4.69) is 10.6 Å². The zero-order valence-electron chi connectivity index (χ0n) is 13.1. The van der Waals surface area contributed by atoms with Gasteiger partial charge in [0.25, 0.3) is 5.91 Å². The second-order valence-electron chi connectivity index (χ2n) is 6.25. The van der Waals surface area contributed by atoms with Gasteiger partial charge in [-0.15, -0.1) is 0 Å². The summed E-state index contributed by atoms with van der Waals surface area (Å²) in [4.78, 5) is 24.2. The SMILES string of the molecule is O=C(Nc1cccc(NC(=O)C2Cc3ccccc3O2)c1)C1CC1. The lowest BCUT2D eigenvalue weighted by atomic mass is 10.1. The van der Waals surface area contributed by atoms with Crippen LogP contribution in [0.3, 0.4) is 0 Å². The minimum Gasteiger partial charge on any atom is -0.480 e. The number of fused-ring (bicyclic) bond motifs is 1. The van der Waals surface area contributed by atoms with Gasteiger partial charge in [0.1, 0.15) is 5.75 Å². The zero-order valence-corrected chi connectivity index (χ0v) is 13.1. The molecule has 1 aliphatic carbocycles. The van der Waals surface area contributed by atoms with Crippen LogP contribution in [0.5, 0.6) is 5.75 Å². The molecule has 2 aromatic carbocycles. The maximum Gasteiger partial charge on any atom is 0.265 e. The number of carbonyl (C=O) groups is 2. The predicted octanol–water partition coefficient (Wildman–Crippen LogP) is 2.98. The summed E-state index contributed by atoms with van der Waals surface area (Å²) < 4.78 is 5.69. The molecule has 24 heavy (non-hydrogen) atoms. The molecule has 0 spiro atoms. The number of carbonyl (C=O) groups excluding carboxylic acids is 2. The third-order valence-corrected chi connectivity index (χ3v) is 4.29. The van der Waals surface area contributed by atoms with Crippen molar-refractivity contribution in [1.29, 1.82) is 0 Å². The number of nitrogens with one attached hydrogen (secondary N) is 2. The van der Waals surface area contributed by atoms with E-state index in [0.29, 0.717) is 17.8 Å². The number of hydrogen-bond donors (Lipinski definition) is 2. The number of ether oxygens (including phenoxy) is 1. The topological polar surface area (TPSA) is 67.4 Å². The lowest BCUT2D eigenvalue weighted by Gasteiger charge is -2.12. The third-order valence-electron chi connectivity index (χ3n) is 4.29. The highest BCUT2D eigenvalue weighted by Crippen LogP contribution is 2.31. The molecule has 0 aromatic heterocycles. The second-order valence-corrected chi connectivity index (χ2v) is 6.25. The van der Waals surface area contributed by atoms with E-state index < -0.39 is 6.10 Å². The molecule has 1 fully saturated rings. The smallest absolute Gasteiger partial charge is 0.265 e. The lowest BCUT2D eigenvalue weighted by molar-refractivity contribution is -0.122. The molecule has 2 amide bonds. The molecule has 5 nitrogen and oxygen atoms in total. The summed E-state index contributed by atoms with van der Waals surface area (Å²) in [5.74, 6) is 0.779. The van der Waals surface area contributed by atoms with Crippen molar-refractivity contribution < 1.29 is 14.3 Å². The van der Waals surface area contributed by atoms with Gasteiger partial charge in [0.15, 0.2) is 6.10 Å². The van der Waals surface area contributed by atoms with E-state index in [0.717, 1.165) is 24.2 Å². The van der Waals surface area contributed by atoms with Crippen LogP contribution in [-0.2, 0) is 16.0 Å². The molecule has 2 aromatic rings. The average Bonchev–Trinajstić information content (AvgIpc) is 3.34. The van der Waals surface area contributed by atoms with Crippen LogP contribution in [0.1, 0.15) is 18.4 Å². The van der Waals surface area contributed by atoms with Crippen molar-refractivity contribution in [3.05, 3.63) is 54.1 Å². The molecule has 4 rings (SSSR count). The highest BCUT2D eigenvalue weighted by molar-refractivity contribution is 5.97. The highest BCUT2D eigenvalue weighted by atomic mass is 16.5. The van der Waals surface area contributed by atoms with Crippen molar-refractivity contribution in [1.82, 2.24) is 0 Å². The van der Waals surface area contributed by atoms with Crippen molar-refractivity contribution in [3.8, 4) is 5.75 Å². The Labute approximate surface area is 140 Å². The quantitative estimate of drug-likeness (QED) is 0.909. The van der Waals surface area contributed by atoms with Gasteiger partial charge in [-0.1, -0.05) is 24.3 Å². The number of benzene rings is 2. The van der Waals surface area contributed by atoms with E-state index in [9.17, 15) is 9.59 Å². The highest BCUT2D eigenvalue weighted by Gasteiger charge is 2.30. The summed E-state index contributed by atoms with van der Waals surface area (Å²) in [5.41, 5.74) is 2.39. The number of amides is 2. The number of hydrogen-bond acceptors (Lipinski definition) is 3. The van der Waals surface area contributed by atoms with E-state index in [1.54, 1.807) is 12.1 Å². The van der Waals surface area contributed by atoms with E-state index in [4.69, 9.17) is 4.74 Å². The predicted molar refractivity (Wildman–Crippen MR) is 91.0 cm³/mol. The van der Waals surface area contributed by atoms with E-state index in [1.807, 2.05) is 36.4 Å². The fraction of sp³-hybridized carbons (Fsp3) is 0.263. The molecule has 1 saturated carbocycles. The van der Waals surface area contributed by atoms with E-state index >= 15 is 0 Å². The normalized spacial score (nSPS) is 18.4. The van der Waals surface area contributed by atoms with E-state index in [1.165, 1.54) is 0 Å². The first-order chi connectivity index (χ1) is 11.7. The Morgan fingerprint density at radius 2 is 1.62 bits per heavy atom. The Morgan fingerprint density at radius 3 is 2.33 bits per heavy atom. The van der Waals surface area contributed by atoms with Crippen molar-refractivity contribution >= 4 is 23.2 Å². The van der Waals surface area contributed by atoms with Crippen LogP contribution in [0.2, 0.25) is 0 Å². The molecular weight excluding hydrogens is 304 g/mol.